The molecule has 0 unspecified atom stereocenters. The average molecular weight is 839 g/mol. The molecule has 10 rings (SSSR count). The second kappa shape index (κ2) is 15.6. The highest BCUT2D eigenvalue weighted by atomic mass is 16.5. The van der Waals surface area contributed by atoms with Crippen LogP contribution in [0.25, 0.3) is 44.4 Å². The molecule has 2 aromatic heterocycles. The third-order valence-electron chi connectivity index (χ3n) is 14.3. The molecule has 2 aliphatic heterocycles. The number of carbonyl (C=O) groups excluding carboxylic acids is 4. The van der Waals surface area contributed by atoms with Gasteiger partial charge in [-0.1, -0.05) is 62.4 Å². The van der Waals surface area contributed by atoms with Crippen LogP contribution < -0.4 is 10.6 Å². The van der Waals surface area contributed by atoms with Crippen LogP contribution in [0, 0.1) is 23.2 Å². The van der Waals surface area contributed by atoms with Crippen LogP contribution >= 0.6 is 0 Å². The van der Waals surface area contributed by atoms with Crippen molar-refractivity contribution in [2.75, 3.05) is 20.8 Å². The molecule has 2 bridgehead atoms. The lowest BCUT2D eigenvalue weighted by atomic mass is 9.96. The Balaban J connectivity index is 0.832. The largest absolute Gasteiger partial charge is 0.453 e. The van der Waals surface area contributed by atoms with E-state index in [2.05, 4.69) is 81.3 Å². The molecule has 5 aliphatic rings. The molecule has 4 heterocycles. The minimum Gasteiger partial charge on any atom is -0.453 e. The summed E-state index contributed by atoms with van der Waals surface area (Å²) in [5, 5.41) is 7.81. The van der Waals surface area contributed by atoms with Gasteiger partial charge < -0.3 is 39.9 Å². The maximum absolute atomic E-state index is 14.0. The summed E-state index contributed by atoms with van der Waals surface area (Å²) in [6, 6.07) is 19.9. The van der Waals surface area contributed by atoms with Gasteiger partial charge in [0.2, 0.25) is 11.8 Å². The summed E-state index contributed by atoms with van der Waals surface area (Å²) in [5.41, 5.74) is 6.13. The molecule has 1 spiro atoms. The number of rotatable bonds is 11. The number of alkyl carbamates (subject to hydrolysis) is 2. The fourth-order valence-corrected chi connectivity index (χ4v) is 10.5. The Hall–Kier alpha value is -6.18. The summed E-state index contributed by atoms with van der Waals surface area (Å²) in [6.45, 7) is 4.52. The van der Waals surface area contributed by atoms with Crippen molar-refractivity contribution in [2.45, 2.75) is 95.4 Å². The van der Waals surface area contributed by atoms with Crippen LogP contribution in [0.1, 0.15) is 88.9 Å². The Morgan fingerprint density at radius 2 is 1.35 bits per heavy atom. The van der Waals surface area contributed by atoms with Crippen LogP contribution in [0.2, 0.25) is 0 Å². The van der Waals surface area contributed by atoms with Gasteiger partial charge in [0.1, 0.15) is 23.7 Å². The molecule has 0 radical (unpaired) electrons. The van der Waals surface area contributed by atoms with Crippen molar-refractivity contribution in [3.05, 3.63) is 84.7 Å². The Labute approximate surface area is 360 Å². The first-order valence-corrected chi connectivity index (χ1v) is 22.1. The van der Waals surface area contributed by atoms with Gasteiger partial charge in [-0.2, -0.15) is 0 Å². The molecule has 3 aromatic carbocycles. The second-order valence-electron chi connectivity index (χ2n) is 18.6. The minimum atomic E-state index is -0.684. The summed E-state index contributed by atoms with van der Waals surface area (Å²) >= 11 is 0. The number of nitrogens with zero attached hydrogens (tertiary/aromatic N) is 4. The normalized spacial score (nSPS) is 23.2. The number of aromatic amines is 2. The van der Waals surface area contributed by atoms with Crippen molar-refractivity contribution >= 4 is 34.8 Å². The maximum atomic E-state index is 14.0. The summed E-state index contributed by atoms with van der Waals surface area (Å²) in [5.74, 6) is 1.80. The Bertz CT molecular complexity index is 2540. The number of hydrogen-bond donors (Lipinski definition) is 4. The van der Waals surface area contributed by atoms with Crippen LogP contribution in [0.15, 0.2) is 73.1 Å². The Morgan fingerprint density at radius 3 is 2.03 bits per heavy atom. The third kappa shape index (κ3) is 7.36. The first kappa shape index (κ1) is 39.9. The van der Waals surface area contributed by atoms with Crippen molar-refractivity contribution < 1.29 is 28.7 Å². The zero-order valence-electron chi connectivity index (χ0n) is 35.6. The van der Waals surface area contributed by atoms with Crippen LogP contribution in [0.5, 0.6) is 0 Å². The minimum absolute atomic E-state index is 0.0280. The van der Waals surface area contributed by atoms with Gasteiger partial charge in [-0.3, -0.25) is 9.59 Å². The molecular weight excluding hydrogens is 785 g/mol. The highest BCUT2D eigenvalue weighted by Gasteiger charge is 2.56. The number of carbonyl (C=O) groups is 4. The van der Waals surface area contributed by atoms with E-state index in [9.17, 15) is 19.2 Å². The van der Waals surface area contributed by atoms with Crippen LogP contribution in [-0.4, -0.2) is 92.6 Å². The monoisotopic (exact) mass is 838 g/mol. The Kier molecular flexibility index (Phi) is 10.1. The van der Waals surface area contributed by atoms with Gasteiger partial charge in [0.25, 0.3) is 0 Å². The zero-order valence-corrected chi connectivity index (χ0v) is 35.6. The lowest BCUT2D eigenvalue weighted by molar-refractivity contribution is -0.138. The van der Waals surface area contributed by atoms with Gasteiger partial charge in [-0.05, 0) is 114 Å². The van der Waals surface area contributed by atoms with Crippen LogP contribution in [0.3, 0.4) is 0 Å². The van der Waals surface area contributed by atoms with Gasteiger partial charge in [-0.25, -0.2) is 19.6 Å². The molecule has 322 valence electrons. The molecule has 3 saturated carbocycles. The fourth-order valence-electron chi connectivity index (χ4n) is 10.5. The van der Waals surface area contributed by atoms with E-state index >= 15 is 0 Å². The number of aromatic nitrogens is 4. The predicted octanol–water partition coefficient (Wildman–Crippen LogP) is 7.91. The first-order chi connectivity index (χ1) is 30.0. The van der Waals surface area contributed by atoms with E-state index in [4.69, 9.17) is 19.4 Å². The van der Waals surface area contributed by atoms with Gasteiger partial charge in [-0.15, -0.1) is 0 Å². The van der Waals surface area contributed by atoms with E-state index < -0.39 is 24.3 Å². The van der Waals surface area contributed by atoms with Crippen LogP contribution in [-0.2, 0) is 19.1 Å². The van der Waals surface area contributed by atoms with E-state index in [1.165, 1.54) is 14.2 Å². The molecule has 2 saturated heterocycles. The molecule has 3 aliphatic carbocycles. The number of amides is 4. The molecular formula is C48H54N8O6. The molecule has 5 fully saturated rings. The van der Waals surface area contributed by atoms with Crippen molar-refractivity contribution in [3.63, 3.8) is 0 Å². The van der Waals surface area contributed by atoms with E-state index in [1.54, 1.807) is 0 Å². The summed E-state index contributed by atoms with van der Waals surface area (Å²) < 4.78 is 9.68. The number of H-pyrrole nitrogens is 2. The SMILES string of the molecule is COC(=O)N[C@H](C(=O)N1CC2(CC2)C[C@H]1c1ncc(-c2ccc(-c3ccc4cc(-c5cnc([C@@H]6[C@H]7CC[C@H](C7)N6C(=O)[C@@H](NC(=O)OC)C6CC6)[nH]5)ccc4c3)cc2)[nH]1)C(C)C. The van der Waals surface area contributed by atoms with E-state index in [1.807, 2.05) is 36.0 Å². The molecule has 62 heavy (non-hydrogen) atoms. The van der Waals surface area contributed by atoms with E-state index in [0.717, 1.165) is 107 Å². The first-order valence-electron chi connectivity index (χ1n) is 22.1. The number of piperidine rings is 1. The van der Waals surface area contributed by atoms with Crippen molar-refractivity contribution in [1.29, 1.82) is 0 Å². The standard InChI is InChI=1S/C48H54N8O6/c1-26(2)39(53-46(59)61-3)44(57)55-25-48(17-18-48)22-38(55)42-49-23-36(51-42)28-7-5-27(6-8-28)30-11-12-32-20-33(14-13-31(32)19-30)37-24-50-43(52-37)41-34-15-16-35(21-34)56(41)45(58)40(29-9-10-29)54-47(60)62-4/h5-8,11-14,19-20,23-24,26,29,34-35,38-41H,9-10,15-18,21-22,25H2,1-4H3,(H,49,51)(H,50,52)(H,53,59)(H,54,60)/t34-,35+,38-,39-,40-,41-/m0/s1. The number of benzene rings is 3. The van der Waals surface area contributed by atoms with Crippen molar-refractivity contribution in [3.8, 4) is 33.6 Å². The highest BCUT2D eigenvalue weighted by molar-refractivity contribution is 5.91. The number of imidazole rings is 2. The molecule has 5 aromatic rings. The van der Waals surface area contributed by atoms with Gasteiger partial charge in [0.15, 0.2) is 0 Å². The van der Waals surface area contributed by atoms with E-state index in [-0.39, 0.29) is 47.2 Å². The summed E-state index contributed by atoms with van der Waals surface area (Å²) in [4.78, 5) is 72.9. The quantitative estimate of drug-likeness (QED) is 0.104. The molecule has 4 N–H and O–H groups in total. The Morgan fingerprint density at radius 1 is 0.742 bits per heavy atom. The average Bonchev–Trinajstić information content (AvgIpc) is 3.84. The number of hydrogen-bond acceptors (Lipinski definition) is 8. The number of likely N-dealkylation sites (tertiary alicyclic amines) is 2. The predicted molar refractivity (Wildman–Crippen MR) is 232 cm³/mol. The number of ether oxygens (including phenoxy) is 2. The lowest BCUT2D eigenvalue weighted by Gasteiger charge is -2.36. The highest BCUT2D eigenvalue weighted by Crippen LogP contribution is 2.58. The van der Waals surface area contributed by atoms with Gasteiger partial charge in [0, 0.05) is 18.2 Å². The second-order valence-corrected chi connectivity index (χ2v) is 18.6. The topological polar surface area (TPSA) is 175 Å². The number of methoxy groups -OCH3 is 2. The molecule has 6 atom stereocenters. The molecule has 14 heteroatoms. The fraction of sp³-hybridized carbons (Fsp3) is 0.458. The van der Waals surface area contributed by atoms with Crippen LogP contribution in [0.4, 0.5) is 9.59 Å². The molecule has 14 nitrogen and oxygen atoms in total. The number of nitrogens with one attached hydrogen (secondary N) is 4. The van der Waals surface area contributed by atoms with Crippen molar-refractivity contribution in [2.24, 2.45) is 23.2 Å². The van der Waals surface area contributed by atoms with E-state index in [0.29, 0.717) is 12.5 Å². The zero-order chi connectivity index (χ0) is 42.9. The lowest BCUT2D eigenvalue weighted by Crippen LogP contribution is -2.52. The maximum Gasteiger partial charge on any atom is 0.407 e. The number of fused-ring (bicyclic) bond motifs is 3. The smallest absolute Gasteiger partial charge is 0.407 e. The summed E-state index contributed by atoms with van der Waals surface area (Å²) in [6.07, 6.45) is 10.4. The van der Waals surface area contributed by atoms with Gasteiger partial charge >= 0.3 is 12.2 Å². The third-order valence-corrected chi connectivity index (χ3v) is 14.3. The van der Waals surface area contributed by atoms with Crippen molar-refractivity contribution in [1.82, 2.24) is 40.4 Å². The summed E-state index contributed by atoms with van der Waals surface area (Å²) in [7, 11) is 2.64. The molecule has 4 amide bonds. The van der Waals surface area contributed by atoms with Gasteiger partial charge in [0.05, 0.1) is 50.1 Å².